The molecule has 3 aliphatic carbocycles. The fourth-order valence-electron chi connectivity index (χ4n) is 5.11. The van der Waals surface area contributed by atoms with E-state index in [9.17, 15) is 13.6 Å². The van der Waals surface area contributed by atoms with Gasteiger partial charge in [-0.25, -0.2) is 23.8 Å². The summed E-state index contributed by atoms with van der Waals surface area (Å²) < 4.78 is 33.9. The van der Waals surface area contributed by atoms with E-state index in [1.807, 2.05) is 6.07 Å². The molecule has 9 heteroatoms. The van der Waals surface area contributed by atoms with E-state index < -0.39 is 17.7 Å². The molecular formula is C23H21F2N5O2. The van der Waals surface area contributed by atoms with E-state index in [1.165, 1.54) is 29.5 Å². The quantitative estimate of drug-likeness (QED) is 0.712. The van der Waals surface area contributed by atoms with E-state index >= 15 is 0 Å². The fourth-order valence-corrected chi connectivity index (χ4v) is 5.11. The van der Waals surface area contributed by atoms with Crippen molar-refractivity contribution in [2.75, 3.05) is 6.61 Å². The summed E-state index contributed by atoms with van der Waals surface area (Å²) in [6.45, 7) is 0.410. The number of carbonyl (C=O) groups is 1. The Labute approximate surface area is 183 Å². The van der Waals surface area contributed by atoms with Crippen LogP contribution in [0.5, 0.6) is 5.88 Å². The van der Waals surface area contributed by atoms with E-state index in [-0.39, 0.29) is 34.9 Å². The predicted octanol–water partition coefficient (Wildman–Crippen LogP) is 3.63. The molecule has 4 aliphatic rings. The molecule has 0 radical (unpaired) electrons. The maximum atomic E-state index is 14.4. The van der Waals surface area contributed by atoms with Crippen LogP contribution in [-0.4, -0.2) is 33.7 Å². The Morgan fingerprint density at radius 3 is 2.78 bits per heavy atom. The third kappa shape index (κ3) is 3.60. The molecule has 1 aliphatic heterocycles. The van der Waals surface area contributed by atoms with Crippen molar-refractivity contribution in [1.82, 2.24) is 15.0 Å². The molecule has 164 valence electrons. The normalized spacial score (nSPS) is 28.2. The summed E-state index contributed by atoms with van der Waals surface area (Å²) in [6.07, 6.45) is 7.27. The van der Waals surface area contributed by atoms with Gasteiger partial charge in [0, 0.05) is 24.1 Å². The van der Waals surface area contributed by atoms with Crippen molar-refractivity contribution in [3.63, 3.8) is 0 Å². The molecule has 7 nitrogen and oxygen atoms in total. The molecule has 2 heterocycles. The van der Waals surface area contributed by atoms with Crippen LogP contribution >= 0.6 is 0 Å². The van der Waals surface area contributed by atoms with Gasteiger partial charge in [-0.05, 0) is 43.1 Å². The smallest absolute Gasteiger partial charge is 0.246 e. The van der Waals surface area contributed by atoms with Gasteiger partial charge >= 0.3 is 0 Å². The number of nitriles is 1. The summed E-state index contributed by atoms with van der Waals surface area (Å²) in [4.78, 5) is 21.4. The van der Waals surface area contributed by atoms with Gasteiger partial charge in [-0.3, -0.25) is 4.79 Å². The fraction of sp³-hybridized carbons (Fsp3) is 0.435. The summed E-state index contributed by atoms with van der Waals surface area (Å²) >= 11 is 0. The number of aromatic nitrogens is 2. The lowest BCUT2D eigenvalue weighted by Crippen LogP contribution is -2.50. The number of hydrazone groups is 1. The molecule has 0 N–H and O–H groups in total. The molecule has 2 bridgehead atoms. The van der Waals surface area contributed by atoms with Crippen LogP contribution < -0.4 is 4.74 Å². The average molecular weight is 437 g/mol. The monoisotopic (exact) mass is 437 g/mol. The highest BCUT2D eigenvalue weighted by Crippen LogP contribution is 2.53. The summed E-state index contributed by atoms with van der Waals surface area (Å²) in [5.74, 6) is -0.913. The van der Waals surface area contributed by atoms with Gasteiger partial charge < -0.3 is 4.74 Å². The van der Waals surface area contributed by atoms with Crippen LogP contribution in [0, 0.1) is 46.6 Å². The minimum atomic E-state index is -0.928. The van der Waals surface area contributed by atoms with Crippen LogP contribution in [0.2, 0.25) is 0 Å². The minimum Gasteiger partial charge on any atom is -0.476 e. The molecular weight excluding hydrogens is 416 g/mol. The van der Waals surface area contributed by atoms with Crippen LogP contribution in [0.25, 0.3) is 0 Å². The highest BCUT2D eigenvalue weighted by Gasteiger charge is 2.50. The maximum Gasteiger partial charge on any atom is 0.246 e. The third-order valence-electron chi connectivity index (χ3n) is 6.90. The second kappa shape index (κ2) is 8.26. The summed E-state index contributed by atoms with van der Waals surface area (Å²) in [6, 6.07) is 5.31. The Bertz CT molecular complexity index is 1090. The van der Waals surface area contributed by atoms with Crippen LogP contribution in [-0.2, 0) is 4.79 Å². The topological polar surface area (TPSA) is 91.5 Å². The van der Waals surface area contributed by atoms with Gasteiger partial charge in [0.1, 0.15) is 6.07 Å². The van der Waals surface area contributed by atoms with E-state index in [1.54, 1.807) is 6.21 Å². The van der Waals surface area contributed by atoms with Gasteiger partial charge in [0.15, 0.2) is 17.3 Å². The van der Waals surface area contributed by atoms with Crippen molar-refractivity contribution >= 4 is 12.1 Å². The molecule has 3 atom stereocenters. The molecule has 6 rings (SSSR count). The molecule has 3 fully saturated rings. The molecule has 32 heavy (non-hydrogen) atoms. The number of nitrogens with zero attached hydrogens (tertiary/aromatic N) is 5. The van der Waals surface area contributed by atoms with Crippen LogP contribution in [0.4, 0.5) is 8.78 Å². The molecule has 1 aromatic heterocycles. The number of ether oxygens (including phenoxy) is 1. The second-order valence-electron chi connectivity index (χ2n) is 8.63. The Kier molecular flexibility index (Phi) is 5.29. The number of halogens is 2. The van der Waals surface area contributed by atoms with Gasteiger partial charge in [-0.15, -0.1) is 0 Å². The summed E-state index contributed by atoms with van der Waals surface area (Å²) in [7, 11) is 0. The Morgan fingerprint density at radius 2 is 2.03 bits per heavy atom. The van der Waals surface area contributed by atoms with Crippen LogP contribution in [0.3, 0.4) is 0 Å². The van der Waals surface area contributed by atoms with Gasteiger partial charge in [-0.1, -0.05) is 12.1 Å². The third-order valence-corrected chi connectivity index (χ3v) is 6.90. The van der Waals surface area contributed by atoms with Gasteiger partial charge in [0.25, 0.3) is 0 Å². The minimum absolute atomic E-state index is 0.140. The molecule has 0 saturated heterocycles. The molecule has 2 aromatic rings. The lowest BCUT2D eigenvalue weighted by molar-refractivity contribution is -0.148. The highest BCUT2D eigenvalue weighted by molar-refractivity contribution is 5.82. The van der Waals surface area contributed by atoms with E-state index in [0.717, 1.165) is 18.9 Å². The first-order valence-corrected chi connectivity index (χ1v) is 10.7. The Morgan fingerprint density at radius 1 is 1.19 bits per heavy atom. The van der Waals surface area contributed by atoms with Crippen molar-refractivity contribution in [1.29, 1.82) is 5.26 Å². The first-order chi connectivity index (χ1) is 15.5. The largest absolute Gasteiger partial charge is 0.476 e. The lowest BCUT2D eigenvalue weighted by atomic mass is 9.55. The van der Waals surface area contributed by atoms with Crippen LogP contribution in [0.1, 0.15) is 43.0 Å². The van der Waals surface area contributed by atoms with E-state index in [2.05, 4.69) is 15.1 Å². The first kappa shape index (κ1) is 20.5. The van der Waals surface area contributed by atoms with Crippen molar-refractivity contribution < 1.29 is 18.3 Å². The second-order valence-corrected chi connectivity index (χ2v) is 8.63. The standard InChI is InChI=1S/C23H21F2N5O2/c24-19-3-1-2-17(22(19)25)20-4-5-29-30(20)23(31)18-8-15(13-6-14(18)7-13)12-32-21-11-27-16(9-26)10-28-21/h1-3,5,10-11,13-15,18,20H,4,6-8,12H2/t13?,14?,15?,18-,20?/m0/s1. The Balaban J connectivity index is 1.27. The average Bonchev–Trinajstić information content (AvgIpc) is 3.28. The first-order valence-electron chi connectivity index (χ1n) is 10.7. The van der Waals surface area contributed by atoms with Crippen LogP contribution in [0.15, 0.2) is 35.7 Å². The number of hydrogen-bond donors (Lipinski definition) is 0. The summed E-state index contributed by atoms with van der Waals surface area (Å²) in [5, 5.41) is 14.4. The van der Waals surface area contributed by atoms with Crippen molar-refractivity contribution in [3.8, 4) is 11.9 Å². The van der Waals surface area contributed by atoms with Gasteiger partial charge in [0.05, 0.1) is 25.0 Å². The zero-order chi connectivity index (χ0) is 22.2. The molecule has 0 spiro atoms. The summed E-state index contributed by atoms with van der Waals surface area (Å²) in [5.41, 5.74) is 0.371. The number of fused-ring (bicyclic) bond motifs is 2. The molecule has 1 aromatic carbocycles. The van der Waals surface area contributed by atoms with E-state index in [0.29, 0.717) is 31.2 Å². The number of carbonyl (C=O) groups excluding carboxylic acids is 1. The zero-order valence-corrected chi connectivity index (χ0v) is 17.2. The molecule has 1 amide bonds. The highest BCUT2D eigenvalue weighted by atomic mass is 19.2. The lowest BCUT2D eigenvalue weighted by Gasteiger charge is -2.51. The van der Waals surface area contributed by atoms with E-state index in [4.69, 9.17) is 10.00 Å². The number of hydrogen-bond acceptors (Lipinski definition) is 6. The van der Waals surface area contributed by atoms with Crippen molar-refractivity contribution in [2.45, 2.75) is 31.7 Å². The number of rotatable bonds is 5. The molecule has 2 unspecified atom stereocenters. The zero-order valence-electron chi connectivity index (χ0n) is 17.2. The number of benzene rings is 1. The van der Waals surface area contributed by atoms with Gasteiger partial charge in [-0.2, -0.15) is 10.4 Å². The van der Waals surface area contributed by atoms with Gasteiger partial charge in [0.2, 0.25) is 11.8 Å². The Hall–Kier alpha value is -3.41. The number of amides is 1. The molecule has 3 saturated carbocycles. The maximum absolute atomic E-state index is 14.4. The van der Waals surface area contributed by atoms with Crippen molar-refractivity contribution in [2.24, 2.45) is 28.8 Å². The predicted molar refractivity (Wildman–Crippen MR) is 109 cm³/mol. The van der Waals surface area contributed by atoms with Crippen molar-refractivity contribution in [3.05, 3.63) is 53.5 Å². The SMILES string of the molecule is N#Cc1cnc(OCC2C[C@H](C(=O)N3N=CCC3c3cccc(F)c3F)C3CC2C3)cn1.